The summed E-state index contributed by atoms with van der Waals surface area (Å²) in [5.74, 6) is 4.92. The molecule has 20 heavy (non-hydrogen) atoms. The average Bonchev–Trinajstić information content (AvgIpc) is 2.40. The molecule has 0 bridgehead atoms. The molecule has 0 atom stereocenters. The first-order valence-electron chi connectivity index (χ1n) is 6.39. The van der Waals surface area contributed by atoms with Crippen molar-refractivity contribution in [3.63, 3.8) is 0 Å². The molecule has 1 aromatic carbocycles. The number of hydrogen-bond donors (Lipinski definition) is 2. The second-order valence-corrected chi connectivity index (χ2v) is 4.97. The van der Waals surface area contributed by atoms with Crippen molar-refractivity contribution in [3.05, 3.63) is 35.4 Å². The molecule has 0 aliphatic rings. The minimum absolute atomic E-state index is 0.0460. The fourth-order valence-corrected chi connectivity index (χ4v) is 1.83. The van der Waals surface area contributed by atoms with Crippen molar-refractivity contribution in [2.24, 2.45) is 5.84 Å². The van der Waals surface area contributed by atoms with E-state index in [1.54, 1.807) is 19.0 Å². The third kappa shape index (κ3) is 4.99. The fraction of sp³-hybridized carbons (Fsp3) is 0.429. The van der Waals surface area contributed by atoms with Crippen LogP contribution < -0.4 is 11.3 Å². The number of carbonyl (C=O) groups is 2. The summed E-state index contributed by atoms with van der Waals surface area (Å²) in [4.78, 5) is 26.5. The molecule has 1 aromatic rings. The Morgan fingerprint density at radius 2 is 1.75 bits per heavy atom. The van der Waals surface area contributed by atoms with E-state index < -0.39 is 0 Å². The topological polar surface area (TPSA) is 78.7 Å². The lowest BCUT2D eigenvalue weighted by Crippen LogP contribution is -2.34. The predicted molar refractivity (Wildman–Crippen MR) is 77.5 cm³/mol. The number of rotatable bonds is 6. The van der Waals surface area contributed by atoms with Gasteiger partial charge in [0.25, 0.3) is 0 Å². The lowest BCUT2D eigenvalue weighted by atomic mass is 10.0. The van der Waals surface area contributed by atoms with Gasteiger partial charge in [0, 0.05) is 20.6 Å². The molecule has 0 fully saturated rings. The van der Waals surface area contributed by atoms with Crippen molar-refractivity contribution in [2.45, 2.75) is 13.0 Å². The van der Waals surface area contributed by atoms with Crippen LogP contribution in [-0.4, -0.2) is 49.3 Å². The Morgan fingerprint density at radius 3 is 2.30 bits per heavy atom. The number of nitrogens with zero attached hydrogens (tertiary/aromatic N) is 2. The van der Waals surface area contributed by atoms with Gasteiger partial charge < -0.3 is 4.90 Å². The Kier molecular flexibility index (Phi) is 6.14. The van der Waals surface area contributed by atoms with E-state index in [4.69, 9.17) is 5.84 Å². The van der Waals surface area contributed by atoms with Crippen LogP contribution in [0.5, 0.6) is 0 Å². The summed E-state index contributed by atoms with van der Waals surface area (Å²) in [7, 11) is 5.34. The number of likely N-dealkylation sites (N-methyl/N-ethyl adjacent to an activating group) is 2. The highest BCUT2D eigenvalue weighted by Gasteiger charge is 2.12. The normalized spacial score (nSPS) is 10.4. The quantitative estimate of drug-likeness (QED) is 0.427. The number of nitrogens with one attached hydrogen (secondary N) is 1. The first-order chi connectivity index (χ1) is 9.43. The Hall–Kier alpha value is -1.92. The van der Waals surface area contributed by atoms with Gasteiger partial charge in [0.05, 0.1) is 13.0 Å². The molecule has 0 aliphatic carbocycles. The van der Waals surface area contributed by atoms with Crippen LogP contribution in [0.2, 0.25) is 0 Å². The molecule has 2 amide bonds. The maximum Gasteiger partial charge on any atom is 0.238 e. The van der Waals surface area contributed by atoms with Crippen LogP contribution in [0, 0.1) is 0 Å². The molecule has 0 aliphatic heterocycles. The van der Waals surface area contributed by atoms with Crippen molar-refractivity contribution in [1.82, 2.24) is 15.2 Å². The van der Waals surface area contributed by atoms with Crippen molar-refractivity contribution in [3.8, 4) is 0 Å². The second-order valence-electron chi connectivity index (χ2n) is 4.97. The van der Waals surface area contributed by atoms with Crippen LogP contribution in [-0.2, 0) is 22.6 Å². The zero-order chi connectivity index (χ0) is 15.1. The number of hydrogen-bond acceptors (Lipinski definition) is 4. The molecule has 110 valence electrons. The summed E-state index contributed by atoms with van der Waals surface area (Å²) in [6, 6.07) is 7.65. The summed E-state index contributed by atoms with van der Waals surface area (Å²) in [5.41, 5.74) is 4.06. The van der Waals surface area contributed by atoms with Crippen molar-refractivity contribution in [1.29, 1.82) is 0 Å². The molecule has 6 nitrogen and oxygen atoms in total. The lowest BCUT2D eigenvalue weighted by Gasteiger charge is -2.20. The van der Waals surface area contributed by atoms with Gasteiger partial charge in [-0.25, -0.2) is 5.84 Å². The van der Waals surface area contributed by atoms with Crippen LogP contribution in [0.4, 0.5) is 0 Å². The Morgan fingerprint density at radius 1 is 1.15 bits per heavy atom. The minimum atomic E-state index is -0.232. The number of hydrazine groups is 1. The summed E-state index contributed by atoms with van der Waals surface area (Å²) < 4.78 is 0. The zero-order valence-electron chi connectivity index (χ0n) is 12.2. The first-order valence-corrected chi connectivity index (χ1v) is 6.39. The van der Waals surface area contributed by atoms with Gasteiger partial charge in [-0.15, -0.1) is 0 Å². The summed E-state index contributed by atoms with van der Waals surface area (Å²) in [6.45, 7) is 0.942. The van der Waals surface area contributed by atoms with Gasteiger partial charge in [0.2, 0.25) is 11.8 Å². The van der Waals surface area contributed by atoms with Gasteiger partial charge in [-0.3, -0.25) is 19.9 Å². The first kappa shape index (κ1) is 16.1. The van der Waals surface area contributed by atoms with Crippen molar-refractivity contribution >= 4 is 11.8 Å². The Labute approximate surface area is 119 Å². The van der Waals surface area contributed by atoms with E-state index in [1.807, 2.05) is 36.2 Å². The number of carbonyl (C=O) groups excluding carboxylic acids is 2. The monoisotopic (exact) mass is 278 g/mol. The summed E-state index contributed by atoms with van der Waals surface area (Å²) in [5, 5.41) is 0. The SMILES string of the molecule is CN(CC(=O)N(C)C)Cc1ccccc1CC(=O)NN. The molecule has 0 unspecified atom stereocenters. The lowest BCUT2D eigenvalue weighted by molar-refractivity contribution is -0.129. The van der Waals surface area contributed by atoms with Gasteiger partial charge in [-0.2, -0.15) is 0 Å². The van der Waals surface area contributed by atoms with Crippen LogP contribution >= 0.6 is 0 Å². The zero-order valence-corrected chi connectivity index (χ0v) is 12.2. The molecule has 0 radical (unpaired) electrons. The molecule has 0 spiro atoms. The highest BCUT2D eigenvalue weighted by Crippen LogP contribution is 2.12. The van der Waals surface area contributed by atoms with Crippen LogP contribution in [0.25, 0.3) is 0 Å². The van der Waals surface area contributed by atoms with Gasteiger partial charge in [-0.05, 0) is 18.2 Å². The molecule has 1 rings (SSSR count). The van der Waals surface area contributed by atoms with E-state index in [-0.39, 0.29) is 18.2 Å². The molecule has 3 N–H and O–H groups in total. The molecule has 0 saturated heterocycles. The number of benzene rings is 1. The van der Waals surface area contributed by atoms with E-state index >= 15 is 0 Å². The smallest absolute Gasteiger partial charge is 0.238 e. The van der Waals surface area contributed by atoms with Gasteiger partial charge in [0.15, 0.2) is 0 Å². The molecule has 0 heterocycles. The van der Waals surface area contributed by atoms with E-state index in [0.717, 1.165) is 11.1 Å². The standard InChI is InChI=1S/C14H22N4O2/c1-17(2)14(20)10-18(3)9-12-7-5-4-6-11(12)8-13(19)16-15/h4-7H,8-10,15H2,1-3H3,(H,16,19). The van der Waals surface area contributed by atoms with Gasteiger partial charge in [0.1, 0.15) is 0 Å². The van der Waals surface area contributed by atoms with Crippen molar-refractivity contribution < 1.29 is 9.59 Å². The Balaban J connectivity index is 2.71. The Bertz CT molecular complexity index is 474. The van der Waals surface area contributed by atoms with Crippen molar-refractivity contribution in [2.75, 3.05) is 27.7 Å². The highest BCUT2D eigenvalue weighted by molar-refractivity contribution is 5.78. The van der Waals surface area contributed by atoms with Crippen LogP contribution in [0.15, 0.2) is 24.3 Å². The van der Waals surface area contributed by atoms with E-state index in [0.29, 0.717) is 13.1 Å². The van der Waals surface area contributed by atoms with Crippen LogP contribution in [0.1, 0.15) is 11.1 Å². The third-order valence-electron chi connectivity index (χ3n) is 2.97. The second kappa shape index (κ2) is 7.62. The maximum atomic E-state index is 11.7. The highest BCUT2D eigenvalue weighted by atomic mass is 16.2. The van der Waals surface area contributed by atoms with Gasteiger partial charge >= 0.3 is 0 Å². The third-order valence-corrected chi connectivity index (χ3v) is 2.97. The number of nitrogens with two attached hydrogens (primary N) is 1. The van der Waals surface area contributed by atoms with E-state index in [2.05, 4.69) is 5.43 Å². The molecule has 6 heteroatoms. The molecular formula is C14H22N4O2. The maximum absolute atomic E-state index is 11.7. The summed E-state index contributed by atoms with van der Waals surface area (Å²) >= 11 is 0. The molecule has 0 aromatic heterocycles. The number of amides is 2. The minimum Gasteiger partial charge on any atom is -0.348 e. The largest absolute Gasteiger partial charge is 0.348 e. The fourth-order valence-electron chi connectivity index (χ4n) is 1.83. The van der Waals surface area contributed by atoms with E-state index in [9.17, 15) is 9.59 Å². The average molecular weight is 278 g/mol. The molecule has 0 saturated carbocycles. The predicted octanol–water partition coefficient (Wildman–Crippen LogP) is -0.261. The molecular weight excluding hydrogens is 256 g/mol. The van der Waals surface area contributed by atoms with Gasteiger partial charge in [-0.1, -0.05) is 24.3 Å². The van der Waals surface area contributed by atoms with E-state index in [1.165, 1.54) is 0 Å². The summed E-state index contributed by atoms with van der Waals surface area (Å²) in [6.07, 6.45) is 0.238. The van der Waals surface area contributed by atoms with Crippen LogP contribution in [0.3, 0.4) is 0 Å².